The van der Waals surface area contributed by atoms with Gasteiger partial charge in [-0.05, 0) is 54.4 Å². The van der Waals surface area contributed by atoms with Crippen molar-refractivity contribution in [3.8, 4) is 0 Å². The van der Waals surface area contributed by atoms with Crippen LogP contribution in [0.1, 0.15) is 26.5 Å². The molecule has 0 spiro atoms. The van der Waals surface area contributed by atoms with Crippen LogP contribution in [0.2, 0.25) is 5.02 Å². The summed E-state index contributed by atoms with van der Waals surface area (Å²) in [5.41, 5.74) is 2.41. The highest BCUT2D eigenvalue weighted by Gasteiger charge is 2.27. The molecule has 4 rings (SSSR count). The van der Waals surface area contributed by atoms with Crippen LogP contribution in [-0.4, -0.2) is 18.4 Å². The van der Waals surface area contributed by atoms with Crippen molar-refractivity contribution in [2.24, 2.45) is 0 Å². The number of carbonyl (C=O) groups excluding carboxylic acids is 2. The molecule has 27 heavy (non-hydrogen) atoms. The highest BCUT2D eigenvalue weighted by Crippen LogP contribution is 2.32. The zero-order valence-corrected chi connectivity index (χ0v) is 14.8. The number of carbonyl (C=O) groups is 2. The lowest BCUT2D eigenvalue weighted by atomic mass is 10.1. The SMILES string of the molecule is O=C(Nc1ccc2c(c1)N(C(=O)c1ccco1)CC2)c1ccc(F)cc1Cl. The Morgan fingerprint density at radius 1 is 1.15 bits per heavy atom. The van der Waals surface area contributed by atoms with Crippen LogP contribution < -0.4 is 10.2 Å². The highest BCUT2D eigenvalue weighted by atomic mass is 35.5. The molecule has 7 heteroatoms. The molecule has 1 aromatic heterocycles. The van der Waals surface area contributed by atoms with E-state index in [9.17, 15) is 14.0 Å². The summed E-state index contributed by atoms with van der Waals surface area (Å²) in [6.45, 7) is 0.538. The second-order valence-electron chi connectivity index (χ2n) is 6.11. The number of halogens is 2. The first-order chi connectivity index (χ1) is 13.0. The highest BCUT2D eigenvalue weighted by molar-refractivity contribution is 6.34. The Hall–Kier alpha value is -3.12. The lowest BCUT2D eigenvalue weighted by Crippen LogP contribution is -2.28. The molecule has 0 saturated carbocycles. The zero-order valence-electron chi connectivity index (χ0n) is 14.0. The Labute approximate surface area is 159 Å². The zero-order chi connectivity index (χ0) is 19.0. The third-order valence-corrected chi connectivity index (χ3v) is 4.70. The molecule has 0 fully saturated rings. The van der Waals surface area contributed by atoms with E-state index in [-0.39, 0.29) is 22.3 Å². The number of hydrogen-bond donors (Lipinski definition) is 1. The van der Waals surface area contributed by atoms with E-state index < -0.39 is 11.7 Å². The van der Waals surface area contributed by atoms with Gasteiger partial charge in [-0.15, -0.1) is 0 Å². The Balaban J connectivity index is 1.58. The van der Waals surface area contributed by atoms with Gasteiger partial charge in [0.2, 0.25) is 0 Å². The molecule has 0 saturated heterocycles. The van der Waals surface area contributed by atoms with Gasteiger partial charge < -0.3 is 14.6 Å². The average molecular weight is 385 g/mol. The van der Waals surface area contributed by atoms with E-state index in [0.29, 0.717) is 12.2 Å². The van der Waals surface area contributed by atoms with Gasteiger partial charge in [-0.3, -0.25) is 9.59 Å². The summed E-state index contributed by atoms with van der Waals surface area (Å²) in [5.74, 6) is -0.942. The number of anilines is 2. The molecule has 2 aromatic carbocycles. The number of fused-ring (bicyclic) bond motifs is 1. The van der Waals surface area contributed by atoms with Crippen LogP contribution in [0.3, 0.4) is 0 Å². The fourth-order valence-corrected chi connectivity index (χ4v) is 3.33. The lowest BCUT2D eigenvalue weighted by Gasteiger charge is -2.17. The molecule has 5 nitrogen and oxygen atoms in total. The predicted octanol–water partition coefficient (Wildman–Crippen LogP) is 4.53. The van der Waals surface area contributed by atoms with Gasteiger partial charge in [0.25, 0.3) is 11.8 Å². The fourth-order valence-electron chi connectivity index (χ4n) is 3.07. The number of nitrogens with one attached hydrogen (secondary N) is 1. The van der Waals surface area contributed by atoms with Crippen molar-refractivity contribution in [3.63, 3.8) is 0 Å². The maximum absolute atomic E-state index is 13.2. The lowest BCUT2D eigenvalue weighted by molar-refractivity contribution is 0.0962. The van der Waals surface area contributed by atoms with Gasteiger partial charge in [-0.1, -0.05) is 17.7 Å². The quantitative estimate of drug-likeness (QED) is 0.721. The molecular formula is C20H14ClFN2O3. The van der Waals surface area contributed by atoms with Crippen molar-refractivity contribution in [2.75, 3.05) is 16.8 Å². The van der Waals surface area contributed by atoms with Crippen LogP contribution in [0.25, 0.3) is 0 Å². The minimum Gasteiger partial charge on any atom is -0.459 e. The number of benzene rings is 2. The second-order valence-corrected chi connectivity index (χ2v) is 6.51. The van der Waals surface area contributed by atoms with Gasteiger partial charge in [0.15, 0.2) is 5.76 Å². The summed E-state index contributed by atoms with van der Waals surface area (Å²) in [5, 5.41) is 2.77. The van der Waals surface area contributed by atoms with Crippen molar-refractivity contribution in [1.29, 1.82) is 0 Å². The van der Waals surface area contributed by atoms with Gasteiger partial charge in [-0.25, -0.2) is 4.39 Å². The summed E-state index contributed by atoms with van der Waals surface area (Å²) in [6.07, 6.45) is 2.17. The first-order valence-electron chi connectivity index (χ1n) is 8.27. The first kappa shape index (κ1) is 17.3. The van der Waals surface area contributed by atoms with Crippen molar-refractivity contribution >= 4 is 34.8 Å². The molecule has 136 valence electrons. The molecule has 0 atom stereocenters. The summed E-state index contributed by atoms with van der Waals surface area (Å²) in [6, 6.07) is 12.2. The smallest absolute Gasteiger partial charge is 0.293 e. The third-order valence-electron chi connectivity index (χ3n) is 4.39. The molecule has 2 amide bonds. The van der Waals surface area contributed by atoms with Crippen LogP contribution >= 0.6 is 11.6 Å². The number of amides is 2. The summed E-state index contributed by atoms with van der Waals surface area (Å²) in [4.78, 5) is 26.6. The fraction of sp³-hybridized carbons (Fsp3) is 0.100. The van der Waals surface area contributed by atoms with Gasteiger partial charge in [0.1, 0.15) is 5.82 Å². The molecule has 0 aliphatic carbocycles. The molecule has 0 unspecified atom stereocenters. The molecule has 0 radical (unpaired) electrons. The molecule has 2 heterocycles. The molecule has 3 aromatic rings. The molecular weight excluding hydrogens is 371 g/mol. The van der Waals surface area contributed by atoms with Crippen molar-refractivity contribution in [2.45, 2.75) is 6.42 Å². The summed E-state index contributed by atoms with van der Waals surface area (Å²) in [7, 11) is 0. The van der Waals surface area contributed by atoms with E-state index in [2.05, 4.69) is 5.32 Å². The van der Waals surface area contributed by atoms with Crippen molar-refractivity contribution in [3.05, 3.63) is 82.5 Å². The normalized spacial score (nSPS) is 12.7. The molecule has 1 N–H and O–H groups in total. The number of hydrogen-bond acceptors (Lipinski definition) is 3. The minimum atomic E-state index is -0.513. The number of furan rings is 1. The van der Waals surface area contributed by atoms with Crippen LogP contribution in [0.5, 0.6) is 0 Å². The van der Waals surface area contributed by atoms with E-state index >= 15 is 0 Å². The van der Waals surface area contributed by atoms with Gasteiger partial charge in [0.05, 0.1) is 16.8 Å². The molecule has 0 bridgehead atoms. The van der Waals surface area contributed by atoms with E-state index in [1.54, 1.807) is 29.2 Å². The van der Waals surface area contributed by atoms with Crippen LogP contribution in [0, 0.1) is 5.82 Å². The standard InChI is InChI=1S/C20H14ClFN2O3/c21-16-10-13(22)4-6-15(16)19(25)23-14-5-3-12-7-8-24(17(12)11-14)20(26)18-2-1-9-27-18/h1-6,9-11H,7-8H2,(H,23,25). The molecule has 1 aliphatic rings. The van der Waals surface area contributed by atoms with E-state index in [1.807, 2.05) is 6.07 Å². The predicted molar refractivity (Wildman–Crippen MR) is 99.9 cm³/mol. The van der Waals surface area contributed by atoms with Crippen molar-refractivity contribution < 1.29 is 18.4 Å². The summed E-state index contributed by atoms with van der Waals surface area (Å²) >= 11 is 5.94. The summed E-state index contributed by atoms with van der Waals surface area (Å²) < 4.78 is 18.4. The van der Waals surface area contributed by atoms with Gasteiger partial charge in [-0.2, -0.15) is 0 Å². The van der Waals surface area contributed by atoms with E-state index in [1.165, 1.54) is 18.4 Å². The maximum Gasteiger partial charge on any atom is 0.293 e. The molecule has 1 aliphatic heterocycles. The largest absolute Gasteiger partial charge is 0.459 e. The van der Waals surface area contributed by atoms with Gasteiger partial charge in [0, 0.05) is 17.9 Å². The monoisotopic (exact) mass is 384 g/mol. The van der Waals surface area contributed by atoms with Crippen LogP contribution in [0.15, 0.2) is 59.2 Å². The van der Waals surface area contributed by atoms with Crippen LogP contribution in [-0.2, 0) is 6.42 Å². The Kier molecular flexibility index (Phi) is 4.41. The topological polar surface area (TPSA) is 62.6 Å². The van der Waals surface area contributed by atoms with Gasteiger partial charge >= 0.3 is 0 Å². The first-order valence-corrected chi connectivity index (χ1v) is 8.65. The minimum absolute atomic E-state index is 0.0308. The Morgan fingerprint density at radius 2 is 2.00 bits per heavy atom. The Bertz CT molecular complexity index is 1030. The van der Waals surface area contributed by atoms with Crippen LogP contribution in [0.4, 0.5) is 15.8 Å². The number of rotatable bonds is 3. The van der Waals surface area contributed by atoms with E-state index in [4.69, 9.17) is 16.0 Å². The Morgan fingerprint density at radius 3 is 2.74 bits per heavy atom. The maximum atomic E-state index is 13.2. The number of nitrogens with zero attached hydrogens (tertiary/aromatic N) is 1. The van der Waals surface area contributed by atoms with E-state index in [0.717, 1.165) is 23.7 Å². The third kappa shape index (κ3) is 3.31. The average Bonchev–Trinajstić information content (AvgIpc) is 3.31. The second kappa shape index (κ2) is 6.89. The van der Waals surface area contributed by atoms with Crippen molar-refractivity contribution in [1.82, 2.24) is 0 Å².